The van der Waals surface area contributed by atoms with Crippen molar-refractivity contribution in [1.82, 2.24) is 0 Å². The fourth-order valence-electron chi connectivity index (χ4n) is 1.60. The number of hydrogen-bond donors (Lipinski definition) is 1. The monoisotopic (exact) mass is 272 g/mol. The highest BCUT2D eigenvalue weighted by atomic mass is 16.5. The average Bonchev–Trinajstić information content (AvgIpc) is 2.43. The van der Waals surface area contributed by atoms with Crippen LogP contribution in [0.5, 0.6) is 17.2 Å². The van der Waals surface area contributed by atoms with Crippen molar-refractivity contribution in [3.63, 3.8) is 0 Å². The summed E-state index contributed by atoms with van der Waals surface area (Å²) in [7, 11) is 0. The van der Waals surface area contributed by atoms with Crippen LogP contribution in [-0.2, 0) is 4.79 Å². The lowest BCUT2D eigenvalue weighted by Gasteiger charge is -2.08. The van der Waals surface area contributed by atoms with E-state index in [-0.39, 0.29) is 13.0 Å². The maximum atomic E-state index is 10.4. The van der Waals surface area contributed by atoms with Gasteiger partial charge in [-0.25, -0.2) is 0 Å². The third-order valence-electron chi connectivity index (χ3n) is 2.67. The molecule has 0 amide bonds. The maximum Gasteiger partial charge on any atom is 0.306 e. The van der Waals surface area contributed by atoms with Gasteiger partial charge in [-0.15, -0.1) is 0 Å². The molecule has 0 aliphatic rings. The molecule has 0 saturated carbocycles. The van der Waals surface area contributed by atoms with Crippen LogP contribution < -0.4 is 9.47 Å². The fourth-order valence-corrected chi connectivity index (χ4v) is 1.60. The molecule has 0 saturated heterocycles. The van der Waals surface area contributed by atoms with Gasteiger partial charge in [-0.2, -0.15) is 0 Å². The lowest BCUT2D eigenvalue weighted by molar-refractivity contribution is -0.137. The van der Waals surface area contributed by atoms with Gasteiger partial charge < -0.3 is 14.6 Å². The summed E-state index contributed by atoms with van der Waals surface area (Å²) in [4.78, 5) is 10.4. The van der Waals surface area contributed by atoms with E-state index >= 15 is 0 Å². The highest BCUT2D eigenvalue weighted by molar-refractivity contribution is 5.66. The highest BCUT2D eigenvalue weighted by Crippen LogP contribution is 2.24. The number of rotatable bonds is 6. The maximum absolute atomic E-state index is 10.4. The van der Waals surface area contributed by atoms with Crippen LogP contribution in [0, 0.1) is 6.92 Å². The third-order valence-corrected chi connectivity index (χ3v) is 2.67. The molecule has 0 aliphatic heterocycles. The van der Waals surface area contributed by atoms with Crippen LogP contribution in [0.3, 0.4) is 0 Å². The van der Waals surface area contributed by atoms with Gasteiger partial charge in [0.25, 0.3) is 0 Å². The van der Waals surface area contributed by atoms with Crippen molar-refractivity contribution in [2.45, 2.75) is 13.3 Å². The molecular weight excluding hydrogens is 256 g/mol. The summed E-state index contributed by atoms with van der Waals surface area (Å²) in [6.07, 6.45) is -0.0123. The van der Waals surface area contributed by atoms with Crippen LogP contribution in [0.2, 0.25) is 0 Å². The molecule has 0 aliphatic carbocycles. The van der Waals surface area contributed by atoms with Gasteiger partial charge in [-0.3, -0.25) is 4.79 Å². The van der Waals surface area contributed by atoms with E-state index in [4.69, 9.17) is 14.6 Å². The summed E-state index contributed by atoms with van der Waals surface area (Å²) < 4.78 is 11.0. The van der Waals surface area contributed by atoms with Crippen LogP contribution in [-0.4, -0.2) is 17.7 Å². The van der Waals surface area contributed by atoms with Crippen molar-refractivity contribution in [3.8, 4) is 17.2 Å². The number of hydrogen-bond acceptors (Lipinski definition) is 3. The molecular formula is C16H16O4. The highest BCUT2D eigenvalue weighted by Gasteiger charge is 2.00. The Labute approximate surface area is 117 Å². The van der Waals surface area contributed by atoms with Crippen molar-refractivity contribution in [2.24, 2.45) is 0 Å². The van der Waals surface area contributed by atoms with Gasteiger partial charge in [0.1, 0.15) is 17.2 Å². The number of aliphatic carboxylic acids is 1. The molecule has 104 valence electrons. The smallest absolute Gasteiger partial charge is 0.306 e. The number of carboxylic acid groups (broad SMARTS) is 1. The summed E-state index contributed by atoms with van der Waals surface area (Å²) >= 11 is 0. The number of ether oxygens (including phenoxy) is 2. The predicted molar refractivity (Wildman–Crippen MR) is 75.4 cm³/mol. The van der Waals surface area contributed by atoms with Crippen molar-refractivity contribution in [1.29, 1.82) is 0 Å². The zero-order valence-corrected chi connectivity index (χ0v) is 11.2. The number of carboxylic acids is 1. The van der Waals surface area contributed by atoms with Gasteiger partial charge in [0.15, 0.2) is 0 Å². The molecule has 0 unspecified atom stereocenters. The molecule has 2 aromatic carbocycles. The van der Waals surface area contributed by atoms with E-state index in [9.17, 15) is 4.79 Å². The molecule has 4 heteroatoms. The first kappa shape index (κ1) is 13.9. The number of aryl methyl sites for hydroxylation is 1. The second kappa shape index (κ2) is 6.61. The first-order chi connectivity index (χ1) is 9.63. The molecule has 0 spiro atoms. The summed E-state index contributed by atoms with van der Waals surface area (Å²) in [5, 5.41) is 8.52. The Bertz CT molecular complexity index is 558. The Morgan fingerprint density at radius 2 is 1.45 bits per heavy atom. The topological polar surface area (TPSA) is 55.8 Å². The predicted octanol–water partition coefficient (Wildman–Crippen LogP) is 3.64. The van der Waals surface area contributed by atoms with E-state index < -0.39 is 5.97 Å². The van der Waals surface area contributed by atoms with E-state index in [1.54, 1.807) is 24.3 Å². The Balaban J connectivity index is 1.91. The quantitative estimate of drug-likeness (QED) is 0.872. The second-order valence-electron chi connectivity index (χ2n) is 4.38. The van der Waals surface area contributed by atoms with Gasteiger partial charge in [-0.05, 0) is 43.3 Å². The van der Waals surface area contributed by atoms with Crippen LogP contribution in [0.25, 0.3) is 0 Å². The third kappa shape index (κ3) is 4.31. The Hall–Kier alpha value is -2.49. The second-order valence-corrected chi connectivity index (χ2v) is 4.38. The largest absolute Gasteiger partial charge is 0.493 e. The molecule has 0 atom stereocenters. The normalized spacial score (nSPS) is 10.1. The first-order valence-corrected chi connectivity index (χ1v) is 6.33. The zero-order chi connectivity index (χ0) is 14.4. The molecule has 2 rings (SSSR count). The molecule has 0 aromatic heterocycles. The van der Waals surface area contributed by atoms with E-state index in [1.165, 1.54) is 5.56 Å². The van der Waals surface area contributed by atoms with Crippen LogP contribution in [0.15, 0.2) is 48.5 Å². The summed E-state index contributed by atoms with van der Waals surface area (Å²) in [5.41, 5.74) is 1.18. The molecule has 0 fully saturated rings. The SMILES string of the molecule is Cc1ccc(Oc2ccc(OCCC(=O)O)cc2)cc1. The van der Waals surface area contributed by atoms with Crippen LogP contribution >= 0.6 is 0 Å². The van der Waals surface area contributed by atoms with Gasteiger partial charge in [0.2, 0.25) is 0 Å². The summed E-state index contributed by atoms with van der Waals surface area (Å²) in [6, 6.07) is 14.9. The van der Waals surface area contributed by atoms with E-state index in [0.29, 0.717) is 11.5 Å². The van der Waals surface area contributed by atoms with Crippen molar-refractivity contribution < 1.29 is 19.4 Å². The minimum absolute atomic E-state index is 0.0123. The molecule has 2 aromatic rings. The first-order valence-electron chi connectivity index (χ1n) is 6.33. The molecule has 20 heavy (non-hydrogen) atoms. The fraction of sp³-hybridized carbons (Fsp3) is 0.188. The lowest BCUT2D eigenvalue weighted by Crippen LogP contribution is -2.04. The molecule has 0 radical (unpaired) electrons. The van der Waals surface area contributed by atoms with Crippen molar-refractivity contribution >= 4 is 5.97 Å². The van der Waals surface area contributed by atoms with Gasteiger partial charge >= 0.3 is 5.97 Å². The van der Waals surface area contributed by atoms with Gasteiger partial charge in [0.05, 0.1) is 13.0 Å². The van der Waals surface area contributed by atoms with E-state index in [0.717, 1.165) is 5.75 Å². The molecule has 0 bridgehead atoms. The van der Waals surface area contributed by atoms with E-state index in [1.807, 2.05) is 31.2 Å². The van der Waals surface area contributed by atoms with Crippen LogP contribution in [0.4, 0.5) is 0 Å². The number of benzene rings is 2. The van der Waals surface area contributed by atoms with Crippen LogP contribution in [0.1, 0.15) is 12.0 Å². The Morgan fingerprint density at radius 1 is 0.950 bits per heavy atom. The average molecular weight is 272 g/mol. The molecule has 0 heterocycles. The van der Waals surface area contributed by atoms with Crippen molar-refractivity contribution in [3.05, 3.63) is 54.1 Å². The Morgan fingerprint density at radius 3 is 2.00 bits per heavy atom. The minimum atomic E-state index is -0.871. The summed E-state index contributed by atoms with van der Waals surface area (Å²) in [5.74, 6) is 1.24. The molecule has 1 N–H and O–H groups in total. The molecule has 4 nitrogen and oxygen atoms in total. The zero-order valence-electron chi connectivity index (χ0n) is 11.2. The Kier molecular flexibility index (Phi) is 4.60. The van der Waals surface area contributed by atoms with Crippen molar-refractivity contribution in [2.75, 3.05) is 6.61 Å². The van der Waals surface area contributed by atoms with E-state index in [2.05, 4.69) is 0 Å². The number of carbonyl (C=O) groups is 1. The van der Waals surface area contributed by atoms with Gasteiger partial charge in [0, 0.05) is 0 Å². The minimum Gasteiger partial charge on any atom is -0.493 e. The van der Waals surface area contributed by atoms with Gasteiger partial charge in [-0.1, -0.05) is 17.7 Å². The standard InChI is InChI=1S/C16H16O4/c1-12-2-4-14(5-3-12)20-15-8-6-13(7-9-15)19-11-10-16(17)18/h2-9H,10-11H2,1H3,(H,17,18). The lowest BCUT2D eigenvalue weighted by atomic mass is 10.2. The summed E-state index contributed by atoms with van der Waals surface area (Å²) in [6.45, 7) is 2.18.